The second kappa shape index (κ2) is 12.2. The van der Waals surface area contributed by atoms with Crippen molar-refractivity contribution in [3.05, 3.63) is 157 Å². The van der Waals surface area contributed by atoms with Gasteiger partial charge in [0, 0.05) is 40.8 Å². The van der Waals surface area contributed by atoms with Gasteiger partial charge in [-0.05, 0) is 117 Å². The molecule has 0 atom stereocenters. The van der Waals surface area contributed by atoms with Crippen molar-refractivity contribution in [1.29, 1.82) is 0 Å². The fourth-order valence-electron chi connectivity index (χ4n) is 9.37. The van der Waals surface area contributed by atoms with Crippen LogP contribution in [0.4, 0.5) is 0 Å². The third-order valence-corrected chi connectivity index (χ3v) is 15.7. The number of aromatic nitrogens is 4. The Kier molecular flexibility index (Phi) is 5.38. The summed E-state index contributed by atoms with van der Waals surface area (Å²) in [4.78, 5) is 13.8. The second-order valence-electron chi connectivity index (χ2n) is 15.8. The molecule has 0 saturated carbocycles. The molecule has 282 valence electrons. The van der Waals surface area contributed by atoms with Crippen LogP contribution in [0.5, 0.6) is 11.5 Å². The average Bonchev–Trinajstić information content (AvgIpc) is 3.86. The normalized spacial score (nSPS) is 16.3. The number of nitrogens with zero attached hydrogens (tertiary/aromatic N) is 4. The predicted octanol–water partition coefficient (Wildman–Crippen LogP) is 12.2. The monoisotopic (exact) mass is 787 g/mol. The number of hydrogen-bond donors (Lipinski definition) is 0. The summed E-state index contributed by atoms with van der Waals surface area (Å²) in [5.41, 5.74) is 10.5. The molecule has 0 N–H and O–H groups in total. The number of fused-ring (bicyclic) bond motifs is 15. The van der Waals surface area contributed by atoms with E-state index >= 15 is 0 Å². The maximum atomic E-state index is 8.93. The lowest BCUT2D eigenvalue weighted by Gasteiger charge is -2.35. The highest BCUT2D eigenvalue weighted by atomic mass is 28.3. The van der Waals surface area contributed by atoms with Crippen molar-refractivity contribution in [2.75, 3.05) is 0 Å². The maximum absolute atomic E-state index is 8.93. The van der Waals surface area contributed by atoms with E-state index in [1.807, 2.05) is 95.5 Å². The molecule has 7 aromatic carbocycles. The number of para-hydroxylation sites is 2. The summed E-state index contributed by atoms with van der Waals surface area (Å²) in [5.74, 6) is 0.842. The summed E-state index contributed by atoms with van der Waals surface area (Å²) in [5, 5.41) is 1.50. The van der Waals surface area contributed by atoms with E-state index in [1.165, 1.54) is 12.1 Å². The highest BCUT2D eigenvalue weighted by Crippen LogP contribution is 2.49. The van der Waals surface area contributed by atoms with Crippen molar-refractivity contribution in [1.82, 2.24) is 19.4 Å². The van der Waals surface area contributed by atoms with Gasteiger partial charge in [0.1, 0.15) is 25.9 Å². The first-order valence-electron chi connectivity index (χ1n) is 23.9. The minimum atomic E-state index is -2.99. The van der Waals surface area contributed by atoms with Crippen molar-refractivity contribution in [3.8, 4) is 78.4 Å². The Morgan fingerprint density at radius 1 is 0.593 bits per heavy atom. The number of imidazole rings is 1. The molecular weight excluding hydrogens is 741 g/mol. The SMILES string of the molecule is [2H]C([2H])([2H])c1cc2c(cc1-c1c(C([2H])([2H])[2H])ccc3c1oc1nc4ccccc4n13)[Si](C)(C)c1ccc(C([2H])([2H])[2H])c(-c3ccc4c(c3)-c3ccccc3-c3ncncc3-c3ccccc3-4)c1O2. The largest absolute Gasteiger partial charge is 0.457 e. The summed E-state index contributed by atoms with van der Waals surface area (Å²) >= 11 is 0. The summed E-state index contributed by atoms with van der Waals surface area (Å²) in [6, 6.07) is 39.5. The van der Waals surface area contributed by atoms with E-state index in [2.05, 4.69) is 35.2 Å². The van der Waals surface area contributed by atoms with E-state index in [0.717, 1.165) is 55.3 Å². The van der Waals surface area contributed by atoms with Crippen molar-refractivity contribution in [2.45, 2.75) is 33.6 Å². The van der Waals surface area contributed by atoms with Gasteiger partial charge in [-0.15, -0.1) is 0 Å². The van der Waals surface area contributed by atoms with Crippen LogP contribution >= 0.6 is 0 Å². The van der Waals surface area contributed by atoms with Crippen LogP contribution in [-0.2, 0) is 0 Å². The molecule has 12 rings (SSSR count). The van der Waals surface area contributed by atoms with Crippen molar-refractivity contribution in [2.24, 2.45) is 0 Å². The topological polar surface area (TPSA) is 65.5 Å². The third-order valence-electron chi connectivity index (χ3n) is 12.2. The zero-order valence-electron chi connectivity index (χ0n) is 40.9. The van der Waals surface area contributed by atoms with Crippen LogP contribution in [0.25, 0.3) is 94.9 Å². The molecular formula is C52H38N4O2Si. The van der Waals surface area contributed by atoms with E-state index in [1.54, 1.807) is 24.5 Å². The fraction of sp³-hybridized carbons (Fsp3) is 0.0962. The molecule has 1 aliphatic carbocycles. The highest BCUT2D eigenvalue weighted by molar-refractivity contribution is 7.02. The molecule has 4 heterocycles. The Labute approximate surface area is 355 Å². The maximum Gasteiger partial charge on any atom is 0.307 e. The van der Waals surface area contributed by atoms with Crippen LogP contribution in [0.15, 0.2) is 144 Å². The van der Waals surface area contributed by atoms with E-state index in [0.29, 0.717) is 33.1 Å². The van der Waals surface area contributed by atoms with Crippen molar-refractivity contribution < 1.29 is 21.5 Å². The molecule has 1 aliphatic heterocycles. The first-order chi connectivity index (χ1) is 32.4. The first-order valence-corrected chi connectivity index (χ1v) is 22.4. The Balaban J connectivity index is 1.10. The molecule has 0 unspecified atom stereocenters. The first kappa shape index (κ1) is 26.0. The quantitative estimate of drug-likeness (QED) is 0.163. The fourth-order valence-corrected chi connectivity index (χ4v) is 12.2. The van der Waals surface area contributed by atoms with E-state index in [4.69, 9.17) is 26.5 Å². The number of aryl methyl sites for hydroxylation is 3. The zero-order chi connectivity index (χ0) is 47.2. The lowest BCUT2D eigenvalue weighted by atomic mass is 9.82. The van der Waals surface area contributed by atoms with Gasteiger partial charge in [0.05, 0.1) is 22.2 Å². The standard InChI is InChI=1S/C52H38N4O2Si/c1-29-19-23-45-51(47(29)32-20-21-36-33-12-6-7-13-34(33)40-27-53-28-54-49(40)37-15-9-8-14-35(37)39(36)25-32)57-44-24-31(3)38(26-46(44)59(45,4)5)48-30(2)18-22-43-50(48)58-52-55-41-16-10-11-17-42(41)56(43)52/h6-28H,1-5H3/i1D3,2D3,3D3. The van der Waals surface area contributed by atoms with E-state index < -0.39 is 28.6 Å². The Bertz CT molecular complexity index is 3790. The number of ether oxygens (including phenoxy) is 1. The molecule has 0 bridgehead atoms. The molecule has 7 heteroatoms. The van der Waals surface area contributed by atoms with Crippen LogP contribution in [0.3, 0.4) is 0 Å². The van der Waals surface area contributed by atoms with Gasteiger partial charge in [0.25, 0.3) is 0 Å². The summed E-state index contributed by atoms with van der Waals surface area (Å²) in [6.07, 6.45) is 3.38. The lowest BCUT2D eigenvalue weighted by molar-refractivity contribution is 0.488. The van der Waals surface area contributed by atoms with Gasteiger partial charge in [-0.3, -0.25) is 4.40 Å². The molecule has 0 spiro atoms. The van der Waals surface area contributed by atoms with E-state index in [9.17, 15) is 0 Å². The van der Waals surface area contributed by atoms with Gasteiger partial charge in [-0.25, -0.2) is 9.97 Å². The van der Waals surface area contributed by atoms with Gasteiger partial charge in [0.15, 0.2) is 5.58 Å². The molecule has 10 aromatic rings. The van der Waals surface area contributed by atoms with Gasteiger partial charge >= 0.3 is 5.84 Å². The average molecular weight is 788 g/mol. The minimum Gasteiger partial charge on any atom is -0.457 e. The zero-order valence-corrected chi connectivity index (χ0v) is 32.9. The molecule has 0 radical (unpaired) electrons. The van der Waals surface area contributed by atoms with Crippen LogP contribution in [0, 0.1) is 20.6 Å². The second-order valence-corrected chi connectivity index (χ2v) is 20.1. The van der Waals surface area contributed by atoms with Crippen molar-refractivity contribution in [3.63, 3.8) is 0 Å². The highest BCUT2D eigenvalue weighted by Gasteiger charge is 2.39. The van der Waals surface area contributed by atoms with Gasteiger partial charge in [-0.2, -0.15) is 4.98 Å². The van der Waals surface area contributed by atoms with Crippen LogP contribution < -0.4 is 15.1 Å². The van der Waals surface area contributed by atoms with E-state index in [-0.39, 0.29) is 45.0 Å². The Hall–Kier alpha value is -7.09. The molecule has 0 amide bonds. The van der Waals surface area contributed by atoms with Gasteiger partial charge in [-0.1, -0.05) is 110 Å². The third kappa shape index (κ3) is 4.76. The number of hydrogen-bond acceptors (Lipinski definition) is 5. The van der Waals surface area contributed by atoms with Gasteiger partial charge in [0.2, 0.25) is 0 Å². The molecule has 6 nitrogen and oxygen atoms in total. The minimum absolute atomic E-state index is 0.0722. The summed E-state index contributed by atoms with van der Waals surface area (Å²) in [7, 11) is -2.99. The number of oxazole rings is 1. The molecule has 0 saturated heterocycles. The molecule has 2 aliphatic rings. The van der Waals surface area contributed by atoms with Crippen LogP contribution in [-0.4, -0.2) is 27.4 Å². The Morgan fingerprint density at radius 3 is 2.14 bits per heavy atom. The molecule has 3 aromatic heterocycles. The molecule has 59 heavy (non-hydrogen) atoms. The summed E-state index contributed by atoms with van der Waals surface area (Å²) < 4.78 is 94.6. The van der Waals surface area contributed by atoms with Crippen LogP contribution in [0.2, 0.25) is 13.1 Å². The lowest BCUT2D eigenvalue weighted by Crippen LogP contribution is -2.56. The smallest absolute Gasteiger partial charge is 0.307 e. The van der Waals surface area contributed by atoms with Crippen LogP contribution in [0.1, 0.15) is 29.0 Å². The van der Waals surface area contributed by atoms with Crippen molar-refractivity contribution >= 4 is 46.4 Å². The summed E-state index contributed by atoms with van der Waals surface area (Å²) in [6.45, 7) is -3.78. The molecule has 0 fully saturated rings. The predicted molar refractivity (Wildman–Crippen MR) is 242 cm³/mol. The van der Waals surface area contributed by atoms with Gasteiger partial charge < -0.3 is 9.15 Å². The Morgan fingerprint density at radius 2 is 1.31 bits per heavy atom. The number of rotatable bonds is 2. The number of benzene rings is 7.